The van der Waals surface area contributed by atoms with Crippen LogP contribution in [0.4, 0.5) is 0 Å². The number of hydrogen-bond donors (Lipinski definition) is 1. The number of hydrogen-bond acceptors (Lipinski definition) is 5. The topological polar surface area (TPSA) is 51.2 Å². The minimum absolute atomic E-state index is 0.271. The van der Waals surface area contributed by atoms with E-state index in [9.17, 15) is 5.21 Å². The number of ether oxygens (including phenoxy) is 3. The van der Waals surface area contributed by atoms with Gasteiger partial charge in [0.15, 0.2) is 0 Å². The standard InChI is InChI=1S/C29H33NO4/c1-2-12-26-28(33-20-24-15-8-4-9-16-24)29(34-21-25-17-10-5-11-18-25)27(30(26)31)22-32-19-23-13-6-3-7-14-23/h2-11,13-18,26-29,31H,1,12,19-22H2/t26-,27-,28-,29-/m0/s1. The summed E-state index contributed by atoms with van der Waals surface area (Å²) in [6.45, 7) is 5.56. The number of nitrogens with zero attached hydrogens (tertiary/aromatic N) is 1. The van der Waals surface area contributed by atoms with Gasteiger partial charge in [-0.3, -0.25) is 0 Å². The SMILES string of the molecule is C=CC[C@H]1[C@H](OCc2ccccc2)[C@@H](OCc2ccccc2)[C@H](COCc2ccccc2)N1O. The maximum atomic E-state index is 11.2. The lowest BCUT2D eigenvalue weighted by Gasteiger charge is -2.26. The van der Waals surface area contributed by atoms with Gasteiger partial charge in [-0.2, -0.15) is 5.06 Å². The molecule has 178 valence electrons. The second-order valence-electron chi connectivity index (χ2n) is 8.56. The van der Waals surface area contributed by atoms with Gasteiger partial charge < -0.3 is 19.4 Å². The first-order valence-electron chi connectivity index (χ1n) is 11.8. The second kappa shape index (κ2) is 12.6. The van der Waals surface area contributed by atoms with Crippen LogP contribution in [0.3, 0.4) is 0 Å². The molecule has 1 saturated heterocycles. The maximum absolute atomic E-state index is 11.2. The van der Waals surface area contributed by atoms with Crippen LogP contribution in [0.2, 0.25) is 0 Å². The summed E-state index contributed by atoms with van der Waals surface area (Å²) in [6, 6.07) is 29.5. The number of rotatable bonds is 12. The second-order valence-corrected chi connectivity index (χ2v) is 8.56. The average Bonchev–Trinajstić information content (AvgIpc) is 3.13. The summed E-state index contributed by atoms with van der Waals surface area (Å²) in [4.78, 5) is 0. The largest absolute Gasteiger partial charge is 0.375 e. The fraction of sp³-hybridized carbons (Fsp3) is 0.310. The van der Waals surface area contributed by atoms with Gasteiger partial charge in [0.1, 0.15) is 12.2 Å². The molecule has 5 heteroatoms. The fourth-order valence-electron chi connectivity index (χ4n) is 4.39. The van der Waals surface area contributed by atoms with Crippen molar-refractivity contribution in [1.82, 2.24) is 5.06 Å². The highest BCUT2D eigenvalue weighted by atomic mass is 16.6. The van der Waals surface area contributed by atoms with Crippen LogP contribution >= 0.6 is 0 Å². The summed E-state index contributed by atoms with van der Waals surface area (Å²) in [7, 11) is 0. The highest BCUT2D eigenvalue weighted by Gasteiger charge is 2.50. The zero-order valence-corrected chi connectivity index (χ0v) is 19.4. The Morgan fingerprint density at radius 2 is 1.12 bits per heavy atom. The van der Waals surface area contributed by atoms with Crippen molar-refractivity contribution in [2.75, 3.05) is 6.61 Å². The van der Waals surface area contributed by atoms with Gasteiger partial charge in [-0.25, -0.2) is 0 Å². The Morgan fingerprint density at radius 3 is 1.59 bits per heavy atom. The Morgan fingerprint density at radius 1 is 0.676 bits per heavy atom. The van der Waals surface area contributed by atoms with Gasteiger partial charge in [0, 0.05) is 0 Å². The molecule has 0 radical (unpaired) electrons. The molecular weight excluding hydrogens is 426 g/mol. The monoisotopic (exact) mass is 459 g/mol. The van der Waals surface area contributed by atoms with Crippen LogP contribution in [0.1, 0.15) is 23.1 Å². The third-order valence-electron chi connectivity index (χ3n) is 6.14. The molecule has 0 saturated carbocycles. The van der Waals surface area contributed by atoms with Gasteiger partial charge in [-0.1, -0.05) is 97.1 Å². The van der Waals surface area contributed by atoms with Crippen LogP contribution in [-0.2, 0) is 34.0 Å². The van der Waals surface area contributed by atoms with E-state index in [1.54, 1.807) is 0 Å². The van der Waals surface area contributed by atoms with Crippen molar-refractivity contribution in [1.29, 1.82) is 0 Å². The molecule has 1 aliphatic heterocycles. The van der Waals surface area contributed by atoms with Crippen LogP contribution < -0.4 is 0 Å². The predicted octanol–water partition coefficient (Wildman–Crippen LogP) is 5.39. The summed E-state index contributed by atoms with van der Waals surface area (Å²) in [6.07, 6.45) is 1.69. The summed E-state index contributed by atoms with van der Waals surface area (Å²) >= 11 is 0. The maximum Gasteiger partial charge on any atom is 0.106 e. The van der Waals surface area contributed by atoms with Crippen LogP contribution in [-0.4, -0.2) is 41.2 Å². The van der Waals surface area contributed by atoms with E-state index in [2.05, 4.69) is 6.58 Å². The molecular formula is C29H33NO4. The lowest BCUT2D eigenvalue weighted by Crippen LogP contribution is -2.40. The Labute approximate surface area is 202 Å². The Kier molecular flexibility index (Phi) is 9.02. The zero-order valence-electron chi connectivity index (χ0n) is 19.4. The van der Waals surface area contributed by atoms with E-state index < -0.39 is 0 Å². The molecule has 34 heavy (non-hydrogen) atoms. The van der Waals surface area contributed by atoms with Crippen molar-refractivity contribution in [3.05, 3.63) is 120 Å². The van der Waals surface area contributed by atoms with E-state index in [0.29, 0.717) is 32.8 Å². The summed E-state index contributed by atoms with van der Waals surface area (Å²) in [5.41, 5.74) is 3.24. The van der Waals surface area contributed by atoms with Gasteiger partial charge in [0.2, 0.25) is 0 Å². The lowest BCUT2D eigenvalue weighted by atomic mass is 10.0. The molecule has 0 bridgehead atoms. The first kappa shape index (κ1) is 24.3. The molecule has 1 fully saturated rings. The Hall–Kier alpha value is -2.80. The first-order valence-corrected chi connectivity index (χ1v) is 11.8. The van der Waals surface area contributed by atoms with Crippen molar-refractivity contribution in [2.45, 2.75) is 50.5 Å². The molecule has 0 unspecified atom stereocenters. The highest BCUT2D eigenvalue weighted by Crippen LogP contribution is 2.32. The predicted molar refractivity (Wildman–Crippen MR) is 132 cm³/mol. The normalized spacial score (nSPS) is 22.6. The number of benzene rings is 3. The molecule has 4 atom stereocenters. The quantitative estimate of drug-likeness (QED) is 0.368. The number of hydroxylamine groups is 2. The van der Waals surface area contributed by atoms with E-state index in [1.165, 1.54) is 5.06 Å². The van der Waals surface area contributed by atoms with Crippen molar-refractivity contribution in [3.8, 4) is 0 Å². The lowest BCUT2D eigenvalue weighted by molar-refractivity contribution is -0.164. The van der Waals surface area contributed by atoms with Gasteiger partial charge in [0.25, 0.3) is 0 Å². The third kappa shape index (κ3) is 6.41. The van der Waals surface area contributed by atoms with Crippen molar-refractivity contribution in [3.63, 3.8) is 0 Å². The van der Waals surface area contributed by atoms with Crippen molar-refractivity contribution >= 4 is 0 Å². The molecule has 4 rings (SSSR count). The molecule has 3 aromatic carbocycles. The molecule has 1 heterocycles. The van der Waals surface area contributed by atoms with Gasteiger partial charge >= 0.3 is 0 Å². The fourth-order valence-corrected chi connectivity index (χ4v) is 4.39. The van der Waals surface area contributed by atoms with E-state index in [1.807, 2.05) is 97.1 Å². The smallest absolute Gasteiger partial charge is 0.106 e. The highest BCUT2D eigenvalue weighted by molar-refractivity contribution is 5.16. The summed E-state index contributed by atoms with van der Waals surface area (Å²) < 4.78 is 18.8. The van der Waals surface area contributed by atoms with Gasteiger partial charge in [-0.15, -0.1) is 6.58 Å². The Balaban J connectivity index is 1.49. The summed E-state index contributed by atoms with van der Waals surface area (Å²) in [5, 5.41) is 12.5. The van der Waals surface area contributed by atoms with E-state index in [4.69, 9.17) is 14.2 Å². The van der Waals surface area contributed by atoms with E-state index in [-0.39, 0.29) is 24.3 Å². The third-order valence-corrected chi connectivity index (χ3v) is 6.14. The van der Waals surface area contributed by atoms with Gasteiger partial charge in [-0.05, 0) is 23.1 Å². The molecule has 0 aromatic heterocycles. The Bertz CT molecular complexity index is 983. The molecule has 5 nitrogen and oxygen atoms in total. The minimum atomic E-state index is -0.366. The zero-order chi connectivity index (χ0) is 23.6. The molecule has 3 aromatic rings. The van der Waals surface area contributed by atoms with E-state index >= 15 is 0 Å². The molecule has 0 amide bonds. The van der Waals surface area contributed by atoms with Crippen LogP contribution in [0.25, 0.3) is 0 Å². The van der Waals surface area contributed by atoms with Crippen molar-refractivity contribution < 1.29 is 19.4 Å². The molecule has 1 aliphatic rings. The first-order chi connectivity index (χ1) is 16.8. The van der Waals surface area contributed by atoms with Crippen LogP contribution in [0.5, 0.6) is 0 Å². The van der Waals surface area contributed by atoms with Crippen molar-refractivity contribution in [2.24, 2.45) is 0 Å². The van der Waals surface area contributed by atoms with E-state index in [0.717, 1.165) is 16.7 Å². The average molecular weight is 460 g/mol. The van der Waals surface area contributed by atoms with Crippen LogP contribution in [0, 0.1) is 0 Å². The molecule has 0 spiro atoms. The van der Waals surface area contributed by atoms with Crippen LogP contribution in [0.15, 0.2) is 104 Å². The summed E-state index contributed by atoms with van der Waals surface area (Å²) in [5.74, 6) is 0. The minimum Gasteiger partial charge on any atom is -0.375 e. The molecule has 0 aliphatic carbocycles. The molecule has 1 N–H and O–H groups in total. The van der Waals surface area contributed by atoms with Gasteiger partial charge in [0.05, 0.1) is 38.5 Å².